The van der Waals surface area contributed by atoms with Crippen LogP contribution in [-0.2, 0) is 0 Å². The van der Waals surface area contributed by atoms with Gasteiger partial charge in [0.25, 0.3) is 5.91 Å². The second-order valence-electron chi connectivity index (χ2n) is 9.44. The second-order valence-corrected chi connectivity index (χ2v) is 9.44. The van der Waals surface area contributed by atoms with E-state index in [1.807, 2.05) is 24.3 Å². The zero-order valence-corrected chi connectivity index (χ0v) is 20.2. The van der Waals surface area contributed by atoms with E-state index in [9.17, 15) is 9.18 Å². The fourth-order valence-electron chi connectivity index (χ4n) is 5.17. The Morgan fingerprint density at radius 2 is 1.69 bits per heavy atom. The van der Waals surface area contributed by atoms with Crippen molar-refractivity contribution in [1.82, 2.24) is 9.88 Å². The molecule has 1 aromatic heterocycles. The first-order valence-corrected chi connectivity index (χ1v) is 12.5. The molecule has 8 nitrogen and oxygen atoms in total. The quantitative estimate of drug-likeness (QED) is 0.305. The van der Waals surface area contributed by atoms with E-state index in [0.29, 0.717) is 28.5 Å². The summed E-state index contributed by atoms with van der Waals surface area (Å²) in [6.45, 7) is 4.18. The van der Waals surface area contributed by atoms with Gasteiger partial charge >= 0.3 is 0 Å². The Kier molecular flexibility index (Phi) is 7.02. The van der Waals surface area contributed by atoms with Gasteiger partial charge in [0.2, 0.25) is 0 Å². The lowest BCUT2D eigenvalue weighted by Gasteiger charge is -2.39. The van der Waals surface area contributed by atoms with Crippen molar-refractivity contribution in [2.45, 2.75) is 31.7 Å². The summed E-state index contributed by atoms with van der Waals surface area (Å²) in [7, 11) is 0. The highest BCUT2D eigenvalue weighted by molar-refractivity contribution is 6.05. The van der Waals surface area contributed by atoms with Crippen LogP contribution in [-0.4, -0.2) is 48.0 Å². The van der Waals surface area contributed by atoms with Gasteiger partial charge in [0, 0.05) is 49.2 Å². The molecule has 188 valence electrons. The Morgan fingerprint density at radius 3 is 2.39 bits per heavy atom. The average molecular weight is 490 g/mol. The molecule has 2 aliphatic rings. The fourth-order valence-corrected chi connectivity index (χ4v) is 5.17. The molecule has 1 aliphatic carbocycles. The van der Waals surface area contributed by atoms with Gasteiger partial charge in [-0.05, 0) is 67.4 Å². The summed E-state index contributed by atoms with van der Waals surface area (Å²) in [6.07, 6.45) is 5.38. The minimum atomic E-state index is -0.611. The van der Waals surface area contributed by atoms with Crippen molar-refractivity contribution in [2.75, 3.05) is 47.6 Å². The van der Waals surface area contributed by atoms with Crippen molar-refractivity contribution in [1.29, 1.82) is 0 Å². The Labute approximate surface area is 210 Å². The first-order valence-electron chi connectivity index (χ1n) is 12.5. The number of pyridine rings is 1. The van der Waals surface area contributed by atoms with E-state index in [4.69, 9.17) is 11.6 Å². The number of benzene rings is 2. The zero-order valence-electron chi connectivity index (χ0n) is 20.2. The van der Waals surface area contributed by atoms with Crippen molar-refractivity contribution in [3.8, 4) is 11.3 Å². The Morgan fingerprint density at radius 1 is 0.972 bits per heavy atom. The van der Waals surface area contributed by atoms with Crippen molar-refractivity contribution >= 4 is 28.8 Å². The number of nitrogen functional groups attached to an aromatic ring is 2. The lowest BCUT2D eigenvalue weighted by molar-refractivity contribution is 0.102. The molecular formula is C27H32FN7O. The van der Waals surface area contributed by atoms with Gasteiger partial charge in [-0.3, -0.25) is 9.69 Å². The van der Waals surface area contributed by atoms with Gasteiger partial charge in [-0.1, -0.05) is 12.8 Å². The molecule has 0 spiro atoms. The van der Waals surface area contributed by atoms with E-state index < -0.39 is 11.7 Å². The lowest BCUT2D eigenvalue weighted by Crippen LogP contribution is -2.49. The minimum Gasteiger partial charge on any atom is -0.396 e. The maximum absolute atomic E-state index is 14.6. The number of piperazine rings is 1. The fraction of sp³-hybridized carbons (Fsp3) is 0.333. The summed E-state index contributed by atoms with van der Waals surface area (Å²) in [4.78, 5) is 22.2. The number of halogens is 1. The molecule has 1 saturated carbocycles. The van der Waals surface area contributed by atoms with Gasteiger partial charge in [-0.25, -0.2) is 15.2 Å². The van der Waals surface area contributed by atoms with E-state index in [0.717, 1.165) is 37.9 Å². The summed E-state index contributed by atoms with van der Waals surface area (Å²) in [5.74, 6) is 4.62. The predicted octanol–water partition coefficient (Wildman–Crippen LogP) is 4.07. The number of rotatable bonds is 6. The van der Waals surface area contributed by atoms with E-state index >= 15 is 0 Å². The van der Waals surface area contributed by atoms with Gasteiger partial charge in [-0.2, -0.15) is 0 Å². The Hall–Kier alpha value is -3.69. The standard InChI is InChI=1S/C27H32FN7O/c28-23-10-5-18(25-12-11-24(29)26(32-25)33-30)17-22(23)27(36)31-19-6-8-21(9-7-19)35-15-13-34(14-16-35)20-3-1-2-4-20/h5-12,17,20H,1-4,13-16,29-30H2,(H,31,36)(H,32,33). The molecule has 1 amide bonds. The number of nitrogens with one attached hydrogen (secondary N) is 2. The number of aromatic nitrogens is 1. The molecule has 3 aromatic rings. The number of nitrogens with zero attached hydrogens (tertiary/aromatic N) is 3. The molecule has 1 aliphatic heterocycles. The third-order valence-electron chi connectivity index (χ3n) is 7.22. The highest BCUT2D eigenvalue weighted by Gasteiger charge is 2.26. The van der Waals surface area contributed by atoms with Gasteiger partial charge in [0.1, 0.15) is 5.82 Å². The summed E-state index contributed by atoms with van der Waals surface area (Å²) in [5, 5.41) is 2.81. The van der Waals surface area contributed by atoms with Crippen LogP contribution in [0.25, 0.3) is 11.3 Å². The maximum atomic E-state index is 14.6. The van der Waals surface area contributed by atoms with Crippen LogP contribution in [0.1, 0.15) is 36.0 Å². The number of anilines is 4. The van der Waals surface area contributed by atoms with Crippen molar-refractivity contribution < 1.29 is 9.18 Å². The number of amides is 1. The molecule has 2 fully saturated rings. The normalized spacial score (nSPS) is 16.8. The molecule has 0 bridgehead atoms. The van der Waals surface area contributed by atoms with Crippen LogP contribution in [0.15, 0.2) is 54.6 Å². The molecule has 6 N–H and O–H groups in total. The number of hydrogen-bond donors (Lipinski definition) is 4. The maximum Gasteiger partial charge on any atom is 0.258 e. The van der Waals surface area contributed by atoms with Crippen molar-refractivity contribution in [3.63, 3.8) is 0 Å². The largest absolute Gasteiger partial charge is 0.396 e. The molecule has 1 saturated heterocycles. The van der Waals surface area contributed by atoms with E-state index in [-0.39, 0.29) is 5.56 Å². The number of nitrogens with two attached hydrogens (primary N) is 2. The van der Waals surface area contributed by atoms with Crippen LogP contribution in [0, 0.1) is 5.82 Å². The van der Waals surface area contributed by atoms with Crippen LogP contribution in [0.2, 0.25) is 0 Å². The monoisotopic (exact) mass is 489 g/mol. The van der Waals surface area contributed by atoms with Crippen LogP contribution in [0.5, 0.6) is 0 Å². The summed E-state index contributed by atoms with van der Waals surface area (Å²) in [6, 6.07) is 16.1. The number of carbonyl (C=O) groups excluding carboxylic acids is 1. The Balaban J connectivity index is 1.24. The van der Waals surface area contributed by atoms with Gasteiger partial charge in [0.15, 0.2) is 5.82 Å². The Bertz CT molecular complexity index is 1220. The van der Waals surface area contributed by atoms with Crippen LogP contribution in [0.4, 0.5) is 27.3 Å². The molecule has 2 aromatic carbocycles. The smallest absolute Gasteiger partial charge is 0.258 e. The number of hydrazine groups is 1. The lowest BCUT2D eigenvalue weighted by atomic mass is 10.1. The third kappa shape index (κ3) is 5.12. The topological polar surface area (TPSA) is 113 Å². The van der Waals surface area contributed by atoms with E-state index in [1.54, 1.807) is 18.2 Å². The SMILES string of the molecule is NNc1nc(-c2ccc(F)c(C(=O)Nc3ccc(N4CCN(C5CCCC5)CC4)cc3)c2)ccc1N. The summed E-state index contributed by atoms with van der Waals surface area (Å²) >= 11 is 0. The molecule has 9 heteroatoms. The molecular weight excluding hydrogens is 457 g/mol. The zero-order chi connectivity index (χ0) is 25.1. The van der Waals surface area contributed by atoms with Crippen molar-refractivity contribution in [3.05, 3.63) is 66.0 Å². The molecule has 5 rings (SSSR count). The second kappa shape index (κ2) is 10.5. The average Bonchev–Trinajstić information content (AvgIpc) is 3.45. The molecule has 0 atom stereocenters. The molecule has 0 unspecified atom stereocenters. The molecule has 0 radical (unpaired) electrons. The van der Waals surface area contributed by atoms with E-state index in [2.05, 4.69) is 25.5 Å². The highest BCUT2D eigenvalue weighted by Crippen LogP contribution is 2.27. The highest BCUT2D eigenvalue weighted by atomic mass is 19.1. The number of hydrogen-bond acceptors (Lipinski definition) is 7. The first kappa shape index (κ1) is 24.0. The third-order valence-corrected chi connectivity index (χ3v) is 7.22. The minimum absolute atomic E-state index is 0.0690. The van der Waals surface area contributed by atoms with Crippen LogP contribution in [0.3, 0.4) is 0 Å². The van der Waals surface area contributed by atoms with Gasteiger partial charge in [0.05, 0.1) is 16.9 Å². The first-order chi connectivity index (χ1) is 17.5. The van der Waals surface area contributed by atoms with Crippen molar-refractivity contribution in [2.24, 2.45) is 5.84 Å². The summed E-state index contributed by atoms with van der Waals surface area (Å²) in [5.41, 5.74) is 11.4. The van der Waals surface area contributed by atoms with Crippen LogP contribution < -0.4 is 27.2 Å². The van der Waals surface area contributed by atoms with Gasteiger partial charge in [-0.15, -0.1) is 0 Å². The number of carbonyl (C=O) groups is 1. The van der Waals surface area contributed by atoms with Gasteiger partial charge < -0.3 is 21.4 Å². The summed E-state index contributed by atoms with van der Waals surface area (Å²) < 4.78 is 14.6. The predicted molar refractivity (Wildman–Crippen MR) is 142 cm³/mol. The molecule has 2 heterocycles. The van der Waals surface area contributed by atoms with E-state index in [1.165, 1.54) is 37.8 Å². The van der Waals surface area contributed by atoms with Crippen LogP contribution >= 0.6 is 0 Å². The molecule has 36 heavy (non-hydrogen) atoms.